The molecular weight excluding hydrogens is 222 g/mol. The first-order chi connectivity index (χ1) is 7.79. The van der Waals surface area contributed by atoms with Crippen molar-refractivity contribution < 1.29 is 4.79 Å². The van der Waals surface area contributed by atoms with E-state index in [1.54, 1.807) is 0 Å². The molecule has 1 saturated carbocycles. The molecule has 2 nitrogen and oxygen atoms in total. The number of nitrogens with zero attached hydrogens (tertiary/aromatic N) is 1. The Morgan fingerprint density at radius 2 is 2.00 bits per heavy atom. The fourth-order valence-electron chi connectivity index (χ4n) is 3.10. The van der Waals surface area contributed by atoms with Gasteiger partial charge in [0.2, 0.25) is 5.91 Å². The number of amides is 1. The number of rotatable bonds is 4. The second kappa shape index (κ2) is 5.90. The van der Waals surface area contributed by atoms with Crippen LogP contribution < -0.4 is 0 Å². The minimum Gasteiger partial charge on any atom is -0.342 e. The molecule has 3 heteroatoms. The van der Waals surface area contributed by atoms with Gasteiger partial charge in [0.25, 0.3) is 0 Å². The molecule has 1 aliphatic carbocycles. The predicted octanol–water partition coefficient (Wildman–Crippen LogP) is 3.04. The molecule has 0 N–H and O–H groups in total. The van der Waals surface area contributed by atoms with Gasteiger partial charge in [-0.15, -0.1) is 11.6 Å². The van der Waals surface area contributed by atoms with Gasteiger partial charge in [0.05, 0.1) is 0 Å². The standard InChI is InChI=1S/C13H22ClNO/c14-7-2-1-3-13(16)15-8-6-11-4-5-12(9-11)10-15/h11-12H,1-10H2. The molecule has 2 aliphatic rings. The van der Waals surface area contributed by atoms with Gasteiger partial charge < -0.3 is 4.90 Å². The molecule has 0 aromatic heterocycles. The number of likely N-dealkylation sites (tertiary alicyclic amines) is 1. The Morgan fingerprint density at radius 1 is 1.19 bits per heavy atom. The lowest BCUT2D eigenvalue weighted by molar-refractivity contribution is -0.131. The Hall–Kier alpha value is -0.240. The molecule has 1 heterocycles. The normalized spacial score (nSPS) is 29.2. The third kappa shape index (κ3) is 3.13. The molecule has 1 aliphatic heterocycles. The summed E-state index contributed by atoms with van der Waals surface area (Å²) in [5, 5.41) is 0. The second-order valence-corrected chi connectivity index (χ2v) is 5.70. The summed E-state index contributed by atoms with van der Waals surface area (Å²) in [6.45, 7) is 2.02. The molecule has 2 unspecified atom stereocenters. The second-order valence-electron chi connectivity index (χ2n) is 5.32. The fourth-order valence-corrected chi connectivity index (χ4v) is 3.29. The van der Waals surface area contributed by atoms with Crippen LogP contribution in [0.5, 0.6) is 0 Å². The molecule has 2 rings (SSSR count). The van der Waals surface area contributed by atoms with Gasteiger partial charge in [-0.1, -0.05) is 6.42 Å². The van der Waals surface area contributed by atoms with Crippen molar-refractivity contribution in [2.24, 2.45) is 11.8 Å². The lowest BCUT2D eigenvalue weighted by atomic mass is 10.0. The third-order valence-corrected chi connectivity index (χ3v) is 4.33. The van der Waals surface area contributed by atoms with Crippen LogP contribution in [0.15, 0.2) is 0 Å². The van der Waals surface area contributed by atoms with E-state index in [1.165, 1.54) is 25.7 Å². The summed E-state index contributed by atoms with van der Waals surface area (Å²) in [5.41, 5.74) is 0. The number of carbonyl (C=O) groups excluding carboxylic acids is 1. The van der Waals surface area contributed by atoms with E-state index in [4.69, 9.17) is 11.6 Å². The number of fused-ring (bicyclic) bond motifs is 2. The molecule has 2 fully saturated rings. The van der Waals surface area contributed by atoms with Crippen LogP contribution in [0.25, 0.3) is 0 Å². The van der Waals surface area contributed by atoms with E-state index < -0.39 is 0 Å². The van der Waals surface area contributed by atoms with E-state index in [0.717, 1.165) is 37.8 Å². The predicted molar refractivity (Wildman–Crippen MR) is 66.6 cm³/mol. The SMILES string of the molecule is O=C(CCCCCl)N1CCC2CCC(C2)C1. The van der Waals surface area contributed by atoms with E-state index in [1.807, 2.05) is 0 Å². The van der Waals surface area contributed by atoms with E-state index in [9.17, 15) is 4.79 Å². The van der Waals surface area contributed by atoms with E-state index >= 15 is 0 Å². The van der Waals surface area contributed by atoms with Gasteiger partial charge in [-0.05, 0) is 43.9 Å². The van der Waals surface area contributed by atoms with Crippen molar-refractivity contribution in [3.05, 3.63) is 0 Å². The smallest absolute Gasteiger partial charge is 0.222 e. The van der Waals surface area contributed by atoms with Crippen molar-refractivity contribution in [2.75, 3.05) is 19.0 Å². The lowest BCUT2D eigenvalue weighted by Gasteiger charge is -2.25. The molecule has 1 saturated heterocycles. The summed E-state index contributed by atoms with van der Waals surface area (Å²) in [6.07, 6.45) is 7.96. The van der Waals surface area contributed by atoms with Gasteiger partial charge in [-0.3, -0.25) is 4.79 Å². The molecule has 0 spiro atoms. The van der Waals surface area contributed by atoms with Crippen molar-refractivity contribution in [2.45, 2.75) is 44.9 Å². The van der Waals surface area contributed by atoms with E-state index in [0.29, 0.717) is 18.2 Å². The first-order valence-electron chi connectivity index (χ1n) is 6.63. The fraction of sp³-hybridized carbons (Fsp3) is 0.923. The van der Waals surface area contributed by atoms with Crippen LogP contribution >= 0.6 is 11.6 Å². The number of alkyl halides is 1. The lowest BCUT2D eigenvalue weighted by Crippen LogP contribution is -2.34. The van der Waals surface area contributed by atoms with Crippen molar-refractivity contribution in [3.63, 3.8) is 0 Å². The molecule has 0 radical (unpaired) electrons. The Kier molecular flexibility index (Phi) is 4.51. The summed E-state index contributed by atoms with van der Waals surface area (Å²) in [5.74, 6) is 2.74. The van der Waals surface area contributed by atoms with Gasteiger partial charge in [0.1, 0.15) is 0 Å². The number of halogens is 1. The zero-order valence-electron chi connectivity index (χ0n) is 9.96. The van der Waals surface area contributed by atoms with Crippen LogP contribution in [0.2, 0.25) is 0 Å². The highest BCUT2D eigenvalue weighted by molar-refractivity contribution is 6.17. The average molecular weight is 244 g/mol. The molecular formula is C13H22ClNO. The van der Waals surface area contributed by atoms with Crippen LogP contribution in [0.1, 0.15) is 44.9 Å². The number of hydrogen-bond acceptors (Lipinski definition) is 1. The van der Waals surface area contributed by atoms with E-state index in [-0.39, 0.29) is 0 Å². The molecule has 16 heavy (non-hydrogen) atoms. The maximum absolute atomic E-state index is 12.0. The summed E-state index contributed by atoms with van der Waals surface area (Å²) in [7, 11) is 0. The van der Waals surface area contributed by atoms with Gasteiger partial charge in [-0.2, -0.15) is 0 Å². The van der Waals surface area contributed by atoms with Crippen LogP contribution in [-0.2, 0) is 4.79 Å². The zero-order valence-corrected chi connectivity index (χ0v) is 10.7. The highest BCUT2D eigenvalue weighted by atomic mass is 35.5. The zero-order chi connectivity index (χ0) is 11.4. The quantitative estimate of drug-likeness (QED) is 0.549. The van der Waals surface area contributed by atoms with E-state index in [2.05, 4.69) is 4.90 Å². The Bertz CT molecular complexity index is 244. The van der Waals surface area contributed by atoms with Crippen LogP contribution in [0.3, 0.4) is 0 Å². The monoisotopic (exact) mass is 243 g/mol. The molecule has 2 atom stereocenters. The summed E-state index contributed by atoms with van der Waals surface area (Å²) in [4.78, 5) is 14.1. The topological polar surface area (TPSA) is 20.3 Å². The third-order valence-electron chi connectivity index (χ3n) is 4.06. The maximum atomic E-state index is 12.0. The molecule has 0 aromatic carbocycles. The molecule has 2 bridgehead atoms. The number of unbranched alkanes of at least 4 members (excludes halogenated alkanes) is 1. The number of hydrogen-bond donors (Lipinski definition) is 0. The van der Waals surface area contributed by atoms with Crippen LogP contribution in [-0.4, -0.2) is 29.8 Å². The van der Waals surface area contributed by atoms with Gasteiger partial charge in [0.15, 0.2) is 0 Å². The highest BCUT2D eigenvalue weighted by Gasteiger charge is 2.31. The average Bonchev–Trinajstić information content (AvgIpc) is 2.58. The van der Waals surface area contributed by atoms with Gasteiger partial charge in [0, 0.05) is 25.4 Å². The molecule has 1 amide bonds. The van der Waals surface area contributed by atoms with Crippen molar-refractivity contribution in [3.8, 4) is 0 Å². The Balaban J connectivity index is 1.78. The van der Waals surface area contributed by atoms with Gasteiger partial charge in [-0.25, -0.2) is 0 Å². The highest BCUT2D eigenvalue weighted by Crippen LogP contribution is 2.36. The molecule has 0 aromatic rings. The van der Waals surface area contributed by atoms with Crippen LogP contribution in [0, 0.1) is 11.8 Å². The Morgan fingerprint density at radius 3 is 2.81 bits per heavy atom. The van der Waals surface area contributed by atoms with Gasteiger partial charge >= 0.3 is 0 Å². The first-order valence-corrected chi connectivity index (χ1v) is 7.17. The Labute approximate surface area is 103 Å². The van der Waals surface area contributed by atoms with Crippen molar-refractivity contribution >= 4 is 17.5 Å². The first kappa shape index (κ1) is 12.2. The van der Waals surface area contributed by atoms with Crippen molar-refractivity contribution in [1.82, 2.24) is 4.90 Å². The largest absolute Gasteiger partial charge is 0.342 e. The summed E-state index contributed by atoms with van der Waals surface area (Å²) in [6, 6.07) is 0. The number of carbonyl (C=O) groups is 1. The molecule has 92 valence electrons. The van der Waals surface area contributed by atoms with Crippen molar-refractivity contribution in [1.29, 1.82) is 0 Å². The minimum absolute atomic E-state index is 0.359. The minimum atomic E-state index is 0.359. The van der Waals surface area contributed by atoms with Crippen LogP contribution in [0.4, 0.5) is 0 Å². The summed E-state index contributed by atoms with van der Waals surface area (Å²) >= 11 is 5.62. The maximum Gasteiger partial charge on any atom is 0.222 e. The summed E-state index contributed by atoms with van der Waals surface area (Å²) < 4.78 is 0.